The maximum Gasteiger partial charge on any atom is 0.315 e. The molecule has 11 N–H and O–H groups in total. The van der Waals surface area contributed by atoms with Crippen molar-refractivity contribution >= 4 is 5.97 Å². The van der Waals surface area contributed by atoms with Crippen LogP contribution in [0.25, 0.3) is 0 Å². The minimum atomic E-state index is -1.75. The fraction of sp³-hybridized carbons (Fsp3) is 0.936. The van der Waals surface area contributed by atoms with Gasteiger partial charge in [0.2, 0.25) is 6.29 Å². The van der Waals surface area contributed by atoms with Gasteiger partial charge in [-0.25, -0.2) is 0 Å². The van der Waals surface area contributed by atoms with E-state index >= 15 is 0 Å². The molecule has 3 saturated heterocycles. The minimum Gasteiger partial charge on any atom is -0.432 e. The molecule has 0 radical (unpaired) electrons. The lowest BCUT2D eigenvalue weighted by Gasteiger charge is -2.72. The molecule has 0 aromatic rings. The Hall–Kier alpha value is -1.43. The molecule has 18 heteroatoms. The fourth-order valence-electron chi connectivity index (χ4n) is 15.0. The molecule has 24 atom stereocenters. The first kappa shape index (κ1) is 50.0. The van der Waals surface area contributed by atoms with E-state index in [1.165, 1.54) is 0 Å². The summed E-state index contributed by atoms with van der Waals surface area (Å²) in [5.74, 6) is -1.02. The zero-order chi connectivity index (χ0) is 47.6. The normalized spacial score (nSPS) is 55.4. The van der Waals surface area contributed by atoms with Crippen LogP contribution in [-0.4, -0.2) is 180 Å². The second kappa shape index (κ2) is 17.5. The summed E-state index contributed by atoms with van der Waals surface area (Å²) in [5.41, 5.74) is -2.68. The van der Waals surface area contributed by atoms with Crippen molar-refractivity contribution in [2.24, 2.45) is 50.7 Å². The molecular formula is C47H76O18. The summed E-state index contributed by atoms with van der Waals surface area (Å²) in [4.78, 5) is 14.7. The maximum absolute atomic E-state index is 14.7. The largest absolute Gasteiger partial charge is 0.432 e. The number of carbonyl (C=O) groups excluding carboxylic acids is 1. The predicted octanol–water partition coefficient (Wildman–Crippen LogP) is -0.250. The number of esters is 1. The van der Waals surface area contributed by atoms with Gasteiger partial charge in [0.25, 0.3) is 0 Å². The van der Waals surface area contributed by atoms with Crippen LogP contribution in [0.4, 0.5) is 0 Å². The number of aliphatic hydroxyl groups excluding tert-OH is 10. The highest BCUT2D eigenvalue weighted by Gasteiger charge is 2.72. The Kier molecular flexibility index (Phi) is 13.4. The lowest BCUT2D eigenvalue weighted by atomic mass is 9.33. The molecule has 65 heavy (non-hydrogen) atoms. The Labute approximate surface area is 380 Å². The number of aliphatic hydroxyl groups is 11. The highest BCUT2D eigenvalue weighted by Crippen LogP contribution is 2.76. The lowest BCUT2D eigenvalue weighted by Crippen LogP contribution is -2.68. The van der Waals surface area contributed by atoms with Gasteiger partial charge >= 0.3 is 5.97 Å². The third-order valence-corrected chi connectivity index (χ3v) is 19.3. The predicted molar refractivity (Wildman–Crippen MR) is 226 cm³/mol. The Morgan fingerprint density at radius 3 is 1.94 bits per heavy atom. The molecule has 0 spiro atoms. The highest BCUT2D eigenvalue weighted by molar-refractivity contribution is 5.79. The zero-order valence-corrected chi connectivity index (χ0v) is 38.8. The summed E-state index contributed by atoms with van der Waals surface area (Å²) in [5, 5.41) is 117. The third kappa shape index (κ3) is 7.53. The van der Waals surface area contributed by atoms with Gasteiger partial charge in [0.05, 0.1) is 36.9 Å². The molecule has 4 saturated carbocycles. The molecule has 7 fully saturated rings. The minimum absolute atomic E-state index is 0.150. The number of ether oxygens (including phenoxy) is 6. The van der Waals surface area contributed by atoms with Crippen molar-refractivity contribution in [2.45, 2.75) is 204 Å². The van der Waals surface area contributed by atoms with Gasteiger partial charge in [-0.05, 0) is 104 Å². The Morgan fingerprint density at radius 2 is 1.31 bits per heavy atom. The molecule has 8 aliphatic rings. The molecule has 3 aliphatic heterocycles. The van der Waals surface area contributed by atoms with Crippen LogP contribution in [0.15, 0.2) is 11.6 Å². The van der Waals surface area contributed by atoms with E-state index in [-0.39, 0.29) is 41.3 Å². The van der Waals surface area contributed by atoms with Gasteiger partial charge in [-0.2, -0.15) is 0 Å². The summed E-state index contributed by atoms with van der Waals surface area (Å²) < 4.78 is 35.5. The van der Waals surface area contributed by atoms with Crippen LogP contribution in [-0.2, 0) is 33.2 Å². The lowest BCUT2D eigenvalue weighted by molar-refractivity contribution is -0.357. The average Bonchev–Trinajstić information content (AvgIpc) is 3.25. The van der Waals surface area contributed by atoms with Crippen molar-refractivity contribution in [1.29, 1.82) is 0 Å². The van der Waals surface area contributed by atoms with Crippen LogP contribution in [0.5, 0.6) is 0 Å². The molecule has 0 amide bonds. The van der Waals surface area contributed by atoms with Crippen molar-refractivity contribution in [3.63, 3.8) is 0 Å². The first-order chi connectivity index (χ1) is 30.3. The van der Waals surface area contributed by atoms with E-state index < -0.39 is 133 Å². The topological polar surface area (TPSA) is 295 Å². The quantitative estimate of drug-likeness (QED) is 0.0850. The van der Waals surface area contributed by atoms with Crippen molar-refractivity contribution in [3.05, 3.63) is 11.6 Å². The molecule has 5 aliphatic carbocycles. The van der Waals surface area contributed by atoms with Crippen molar-refractivity contribution in [2.75, 3.05) is 19.8 Å². The molecule has 3 heterocycles. The second-order valence-corrected chi connectivity index (χ2v) is 22.7. The van der Waals surface area contributed by atoms with E-state index in [0.29, 0.717) is 38.5 Å². The fourth-order valence-corrected chi connectivity index (χ4v) is 15.0. The molecule has 0 aromatic heterocycles. The van der Waals surface area contributed by atoms with E-state index in [0.717, 1.165) is 24.8 Å². The van der Waals surface area contributed by atoms with Crippen LogP contribution in [0.3, 0.4) is 0 Å². The van der Waals surface area contributed by atoms with Crippen LogP contribution >= 0.6 is 0 Å². The van der Waals surface area contributed by atoms with E-state index in [1.807, 2.05) is 13.8 Å². The standard InChI is InChI=1S/C47H76O18/c1-21-10-15-47(41(58)65-40-34(56)32(54)30(52)25(19-49)62-40)17-16-44(5)22(37(47)46(21,7)59)8-9-27-43(4)13-12-28(42(2,3)26(43)11-14-45(27,44)6)63-38-35(57)36(23(50)20-60-38)64-39-33(55)31(53)29(51)24(18-48)61-39/h8,21,23-40,48-57,59H,9-20H2,1-7H3/t21-,23+,24-,25-,26?,27?,28+,29-,30-,31+,32+,33-,34-,35-,36+,37?,38+,39+,40+,43+,44-,45-,46-,47+/m1/s1. The summed E-state index contributed by atoms with van der Waals surface area (Å²) in [6.07, 6.45) is -13.4. The molecular weight excluding hydrogens is 852 g/mol. The van der Waals surface area contributed by atoms with Gasteiger partial charge in [0, 0.05) is 5.92 Å². The molecule has 8 rings (SSSR count). The van der Waals surface area contributed by atoms with Crippen molar-refractivity contribution in [1.82, 2.24) is 0 Å². The monoisotopic (exact) mass is 929 g/mol. The first-order valence-electron chi connectivity index (χ1n) is 23.9. The first-order valence-corrected chi connectivity index (χ1v) is 23.9. The number of hydrogen-bond donors (Lipinski definition) is 11. The molecule has 0 aromatic carbocycles. The number of rotatable bonds is 8. The van der Waals surface area contributed by atoms with Crippen LogP contribution in [0.1, 0.15) is 106 Å². The number of carbonyl (C=O) groups is 1. The van der Waals surface area contributed by atoms with Crippen molar-refractivity contribution < 1.29 is 89.4 Å². The number of fused-ring (bicyclic) bond motifs is 7. The van der Waals surface area contributed by atoms with E-state index in [9.17, 15) is 61.0 Å². The summed E-state index contributed by atoms with van der Waals surface area (Å²) >= 11 is 0. The Morgan fingerprint density at radius 1 is 0.692 bits per heavy atom. The van der Waals surface area contributed by atoms with Gasteiger partial charge < -0.3 is 84.6 Å². The Bertz CT molecular complexity index is 1770. The van der Waals surface area contributed by atoms with Crippen LogP contribution in [0, 0.1) is 50.7 Å². The maximum atomic E-state index is 14.7. The SMILES string of the molecule is C[C@@H]1CC[C@]2(C(=O)O[C@@H]3O[C@H](CO)[C@@H](O)[C@H](O)[C@H]3O)CC[C@]3(C)C(=CCC4[C@@]5(C)CC[C@H](O[C@@H]6OC[C@H](O)[C@H](O[C@@H]7O[C@H](CO)[C@@H](O)[C@H](O)[C@H]7O)[C@H]6O)C(C)(C)C5CC[C@]43C)C2[C@]1(C)O. The molecule has 18 nitrogen and oxygen atoms in total. The molecule has 372 valence electrons. The van der Waals surface area contributed by atoms with Gasteiger partial charge in [0.1, 0.15) is 67.1 Å². The Balaban J connectivity index is 1.02. The zero-order valence-electron chi connectivity index (χ0n) is 38.8. The summed E-state index contributed by atoms with van der Waals surface area (Å²) in [6.45, 7) is 13.7. The van der Waals surface area contributed by atoms with E-state index in [4.69, 9.17) is 28.4 Å². The van der Waals surface area contributed by atoms with Gasteiger partial charge in [-0.3, -0.25) is 4.79 Å². The van der Waals surface area contributed by atoms with Gasteiger partial charge in [-0.1, -0.05) is 53.2 Å². The molecule has 0 bridgehead atoms. The van der Waals surface area contributed by atoms with Crippen LogP contribution < -0.4 is 0 Å². The second-order valence-electron chi connectivity index (χ2n) is 22.7. The van der Waals surface area contributed by atoms with Gasteiger partial charge in [-0.15, -0.1) is 0 Å². The third-order valence-electron chi connectivity index (χ3n) is 19.3. The van der Waals surface area contributed by atoms with E-state index in [2.05, 4.69) is 40.7 Å². The summed E-state index contributed by atoms with van der Waals surface area (Å²) in [7, 11) is 0. The van der Waals surface area contributed by atoms with Crippen molar-refractivity contribution in [3.8, 4) is 0 Å². The average molecular weight is 929 g/mol. The molecule has 3 unspecified atom stereocenters. The van der Waals surface area contributed by atoms with Gasteiger partial charge in [0.15, 0.2) is 12.6 Å². The smallest absolute Gasteiger partial charge is 0.315 e. The van der Waals surface area contributed by atoms with Crippen LogP contribution in [0.2, 0.25) is 0 Å². The number of allylic oxidation sites excluding steroid dienone is 1. The summed E-state index contributed by atoms with van der Waals surface area (Å²) in [6, 6.07) is 0. The highest BCUT2D eigenvalue weighted by atomic mass is 16.7. The van der Waals surface area contributed by atoms with E-state index in [1.54, 1.807) is 0 Å². The number of hydrogen-bond acceptors (Lipinski definition) is 18.